The van der Waals surface area contributed by atoms with Gasteiger partial charge in [0, 0.05) is 14.1 Å². The SMILES string of the molecule is CN1C(=O)[NH2+]c2cnn(C)c21. The van der Waals surface area contributed by atoms with Gasteiger partial charge in [-0.25, -0.2) is 19.7 Å². The van der Waals surface area contributed by atoms with Crippen molar-refractivity contribution in [1.82, 2.24) is 9.78 Å². The van der Waals surface area contributed by atoms with Gasteiger partial charge in [-0.3, -0.25) is 0 Å². The molecule has 0 atom stereocenters. The molecule has 0 aliphatic carbocycles. The average Bonchev–Trinajstić information content (AvgIpc) is 2.41. The van der Waals surface area contributed by atoms with Crippen LogP contribution in [0.2, 0.25) is 0 Å². The lowest BCUT2D eigenvalue weighted by Gasteiger charge is -2.03. The van der Waals surface area contributed by atoms with Gasteiger partial charge in [-0.1, -0.05) is 0 Å². The average molecular weight is 153 g/mol. The van der Waals surface area contributed by atoms with Crippen molar-refractivity contribution in [3.63, 3.8) is 0 Å². The lowest BCUT2D eigenvalue weighted by molar-refractivity contribution is -0.454. The molecule has 0 saturated heterocycles. The Morgan fingerprint density at radius 3 is 2.91 bits per heavy atom. The molecule has 1 aromatic heterocycles. The molecule has 11 heavy (non-hydrogen) atoms. The predicted octanol–water partition coefficient (Wildman–Crippen LogP) is -0.815. The molecule has 0 spiro atoms. The minimum atomic E-state index is 0.0213. The van der Waals surface area contributed by atoms with E-state index in [0.717, 1.165) is 11.5 Å². The maximum absolute atomic E-state index is 11.1. The van der Waals surface area contributed by atoms with Crippen molar-refractivity contribution in [2.45, 2.75) is 0 Å². The summed E-state index contributed by atoms with van der Waals surface area (Å²) >= 11 is 0. The van der Waals surface area contributed by atoms with Crippen molar-refractivity contribution < 1.29 is 10.1 Å². The maximum Gasteiger partial charge on any atom is 0.426 e. The largest absolute Gasteiger partial charge is 0.426 e. The summed E-state index contributed by atoms with van der Waals surface area (Å²) in [6, 6.07) is 0.0213. The molecular formula is C6H9N4O+. The van der Waals surface area contributed by atoms with E-state index in [4.69, 9.17) is 0 Å². The number of primary amides is 1. The summed E-state index contributed by atoms with van der Waals surface area (Å²) in [7, 11) is 3.56. The van der Waals surface area contributed by atoms with Crippen LogP contribution in [-0.2, 0) is 7.05 Å². The monoisotopic (exact) mass is 153 g/mol. The third-order valence-corrected chi connectivity index (χ3v) is 1.86. The van der Waals surface area contributed by atoms with Crippen molar-refractivity contribution in [3.05, 3.63) is 6.20 Å². The maximum atomic E-state index is 11.1. The van der Waals surface area contributed by atoms with Crippen molar-refractivity contribution in [3.8, 4) is 0 Å². The Morgan fingerprint density at radius 1 is 1.55 bits per heavy atom. The van der Waals surface area contributed by atoms with E-state index in [0.29, 0.717) is 0 Å². The number of nitrogens with two attached hydrogens (primary N) is 1. The first-order chi connectivity index (χ1) is 5.20. The first kappa shape index (κ1) is 6.36. The quantitative estimate of drug-likeness (QED) is 0.529. The molecule has 0 saturated carbocycles. The zero-order chi connectivity index (χ0) is 8.01. The molecule has 0 fully saturated rings. The zero-order valence-electron chi connectivity index (χ0n) is 6.40. The summed E-state index contributed by atoms with van der Waals surface area (Å²) in [6.07, 6.45) is 1.69. The van der Waals surface area contributed by atoms with Gasteiger partial charge in [-0.15, -0.1) is 0 Å². The summed E-state index contributed by atoms with van der Waals surface area (Å²) in [6.45, 7) is 0. The fourth-order valence-electron chi connectivity index (χ4n) is 1.29. The summed E-state index contributed by atoms with van der Waals surface area (Å²) in [5, 5.41) is 5.60. The first-order valence-corrected chi connectivity index (χ1v) is 3.34. The van der Waals surface area contributed by atoms with E-state index in [-0.39, 0.29) is 6.03 Å². The molecule has 1 aliphatic heterocycles. The van der Waals surface area contributed by atoms with E-state index in [1.807, 2.05) is 7.05 Å². The third kappa shape index (κ3) is 0.682. The highest BCUT2D eigenvalue weighted by Crippen LogP contribution is 2.22. The Hall–Kier alpha value is -1.36. The number of carbonyl (C=O) groups excluding carboxylic acids is 1. The van der Waals surface area contributed by atoms with Gasteiger partial charge < -0.3 is 0 Å². The molecule has 2 rings (SSSR count). The Morgan fingerprint density at radius 2 is 2.27 bits per heavy atom. The van der Waals surface area contributed by atoms with Crippen LogP contribution < -0.4 is 10.2 Å². The molecule has 58 valence electrons. The normalized spacial score (nSPS) is 15.8. The number of nitrogens with zero attached hydrogens (tertiary/aromatic N) is 3. The highest BCUT2D eigenvalue weighted by atomic mass is 16.2. The van der Waals surface area contributed by atoms with E-state index in [1.165, 1.54) is 0 Å². The summed E-state index contributed by atoms with van der Waals surface area (Å²) in [5.74, 6) is 0.870. The second-order valence-corrected chi connectivity index (χ2v) is 2.59. The zero-order valence-corrected chi connectivity index (χ0v) is 6.40. The van der Waals surface area contributed by atoms with Gasteiger partial charge in [0.1, 0.15) is 6.20 Å². The van der Waals surface area contributed by atoms with Crippen LogP contribution in [0.4, 0.5) is 16.3 Å². The van der Waals surface area contributed by atoms with Gasteiger partial charge in [0.25, 0.3) is 0 Å². The second-order valence-electron chi connectivity index (χ2n) is 2.59. The van der Waals surface area contributed by atoms with Crippen LogP contribution in [-0.4, -0.2) is 22.9 Å². The van der Waals surface area contributed by atoms with Crippen LogP contribution >= 0.6 is 0 Å². The number of aryl methyl sites for hydroxylation is 1. The number of fused-ring (bicyclic) bond motifs is 1. The number of hydrogen-bond acceptors (Lipinski definition) is 2. The van der Waals surface area contributed by atoms with Crippen LogP contribution in [0.25, 0.3) is 0 Å². The fourth-order valence-corrected chi connectivity index (χ4v) is 1.29. The highest BCUT2D eigenvalue weighted by molar-refractivity contribution is 5.92. The Bertz CT molecular complexity index is 316. The van der Waals surface area contributed by atoms with E-state index in [9.17, 15) is 4.79 Å². The molecule has 0 bridgehead atoms. The second kappa shape index (κ2) is 1.82. The van der Waals surface area contributed by atoms with Crippen LogP contribution in [0.3, 0.4) is 0 Å². The van der Waals surface area contributed by atoms with E-state index in [2.05, 4.69) is 5.10 Å². The molecule has 0 aromatic carbocycles. The van der Waals surface area contributed by atoms with Crippen LogP contribution in [0.1, 0.15) is 0 Å². The number of amides is 2. The van der Waals surface area contributed by atoms with Crippen molar-refractivity contribution in [2.24, 2.45) is 7.05 Å². The lowest BCUT2D eigenvalue weighted by atomic mass is 10.5. The number of rotatable bonds is 0. The summed E-state index contributed by atoms with van der Waals surface area (Å²) in [5.41, 5.74) is 0.903. The fraction of sp³-hybridized carbons (Fsp3) is 0.333. The molecule has 1 aliphatic rings. The van der Waals surface area contributed by atoms with Gasteiger partial charge in [0.15, 0.2) is 0 Å². The lowest BCUT2D eigenvalue weighted by Crippen LogP contribution is -2.81. The standard InChI is InChI=1S/C6H8N4O/c1-9-5-4(8-6(9)11)3-7-10(5)2/h3H,1-2H3,(H,8,11)/p+1. The van der Waals surface area contributed by atoms with Crippen LogP contribution in [0.15, 0.2) is 6.20 Å². The Balaban J connectivity index is 2.57. The summed E-state index contributed by atoms with van der Waals surface area (Å²) in [4.78, 5) is 12.7. The minimum absolute atomic E-state index is 0.0213. The van der Waals surface area contributed by atoms with Crippen molar-refractivity contribution in [1.29, 1.82) is 0 Å². The number of aromatic nitrogens is 2. The van der Waals surface area contributed by atoms with E-state index in [1.54, 1.807) is 28.1 Å². The molecule has 2 amide bonds. The Labute approximate surface area is 63.6 Å². The van der Waals surface area contributed by atoms with E-state index >= 15 is 0 Å². The molecule has 1 aromatic rings. The molecular weight excluding hydrogens is 144 g/mol. The minimum Gasteiger partial charge on any atom is -0.247 e. The highest BCUT2D eigenvalue weighted by Gasteiger charge is 2.32. The van der Waals surface area contributed by atoms with Crippen molar-refractivity contribution in [2.75, 3.05) is 11.9 Å². The van der Waals surface area contributed by atoms with Crippen molar-refractivity contribution >= 4 is 17.5 Å². The number of urea groups is 1. The smallest absolute Gasteiger partial charge is 0.247 e. The van der Waals surface area contributed by atoms with Gasteiger partial charge in [-0.05, 0) is 0 Å². The van der Waals surface area contributed by atoms with Crippen LogP contribution in [0.5, 0.6) is 0 Å². The van der Waals surface area contributed by atoms with Crippen LogP contribution in [0, 0.1) is 0 Å². The molecule has 2 N–H and O–H groups in total. The molecule has 2 heterocycles. The summed E-state index contributed by atoms with van der Waals surface area (Å²) < 4.78 is 1.69. The molecule has 0 unspecified atom stereocenters. The number of hydrogen-bond donors (Lipinski definition) is 1. The van der Waals surface area contributed by atoms with Gasteiger partial charge >= 0.3 is 6.03 Å². The number of anilines is 1. The Kier molecular flexibility index (Phi) is 1.05. The van der Waals surface area contributed by atoms with Gasteiger partial charge in [-0.2, -0.15) is 5.10 Å². The molecule has 5 nitrogen and oxygen atoms in total. The topological polar surface area (TPSA) is 54.7 Å². The first-order valence-electron chi connectivity index (χ1n) is 3.34. The molecule has 5 heteroatoms. The number of carbonyl (C=O) groups is 1. The molecule has 0 radical (unpaired) electrons. The van der Waals surface area contributed by atoms with Gasteiger partial charge in [0.2, 0.25) is 11.5 Å². The predicted molar refractivity (Wildman–Crippen MR) is 38.6 cm³/mol. The van der Waals surface area contributed by atoms with E-state index < -0.39 is 0 Å². The third-order valence-electron chi connectivity index (χ3n) is 1.86. The van der Waals surface area contributed by atoms with Gasteiger partial charge in [0.05, 0.1) is 0 Å². The number of quaternary nitrogens is 1.